The van der Waals surface area contributed by atoms with Gasteiger partial charge >= 0.3 is 16.1 Å². The van der Waals surface area contributed by atoms with Gasteiger partial charge in [-0.3, -0.25) is 0 Å². The molecule has 15 heavy (non-hydrogen) atoms. The molecule has 0 spiro atoms. The summed E-state index contributed by atoms with van der Waals surface area (Å²) < 4.78 is 30.9. The molecular formula is C9H10O5S. The van der Waals surface area contributed by atoms with E-state index in [0.717, 1.165) is 6.26 Å². The third-order valence-corrected chi connectivity index (χ3v) is 2.02. The van der Waals surface area contributed by atoms with Gasteiger partial charge in [-0.15, -0.1) is 0 Å². The molecule has 0 radical (unpaired) electrons. The molecule has 6 heteroatoms. The summed E-state index contributed by atoms with van der Waals surface area (Å²) in [7, 11) is -2.44. The molecule has 0 N–H and O–H groups in total. The summed E-state index contributed by atoms with van der Waals surface area (Å²) >= 11 is 0. The van der Waals surface area contributed by atoms with Crippen molar-refractivity contribution in [2.24, 2.45) is 0 Å². The van der Waals surface area contributed by atoms with E-state index in [1.54, 1.807) is 12.1 Å². The zero-order chi connectivity index (χ0) is 11.5. The monoisotopic (exact) mass is 230 g/mol. The van der Waals surface area contributed by atoms with E-state index < -0.39 is 16.1 Å². The van der Waals surface area contributed by atoms with Gasteiger partial charge in [0.25, 0.3) is 0 Å². The zero-order valence-electron chi connectivity index (χ0n) is 8.26. The van der Waals surface area contributed by atoms with E-state index in [-0.39, 0.29) is 11.3 Å². The van der Waals surface area contributed by atoms with E-state index in [0.29, 0.717) is 0 Å². The van der Waals surface area contributed by atoms with Crippen LogP contribution in [0.5, 0.6) is 5.75 Å². The molecular weight excluding hydrogens is 220 g/mol. The highest BCUT2D eigenvalue weighted by atomic mass is 32.2. The number of methoxy groups -OCH3 is 1. The number of benzene rings is 1. The zero-order valence-corrected chi connectivity index (χ0v) is 9.08. The van der Waals surface area contributed by atoms with Gasteiger partial charge in [0.2, 0.25) is 0 Å². The van der Waals surface area contributed by atoms with Crippen molar-refractivity contribution in [1.82, 2.24) is 0 Å². The predicted octanol–water partition coefficient (Wildman–Crippen LogP) is 0.812. The maximum absolute atomic E-state index is 11.2. The summed E-state index contributed by atoms with van der Waals surface area (Å²) in [5.41, 5.74) is 0.0745. The van der Waals surface area contributed by atoms with Crippen molar-refractivity contribution in [3.63, 3.8) is 0 Å². The molecule has 0 bridgehead atoms. The van der Waals surface area contributed by atoms with Crippen LogP contribution in [0.4, 0.5) is 0 Å². The van der Waals surface area contributed by atoms with Crippen LogP contribution in [0.15, 0.2) is 24.3 Å². The Labute approximate surface area is 87.7 Å². The maximum Gasteiger partial charge on any atom is 0.341 e. The van der Waals surface area contributed by atoms with Crippen LogP contribution in [-0.4, -0.2) is 27.8 Å². The van der Waals surface area contributed by atoms with Crippen LogP contribution in [0.1, 0.15) is 10.4 Å². The molecule has 82 valence electrons. The summed E-state index contributed by atoms with van der Waals surface area (Å²) in [6, 6.07) is 5.95. The Morgan fingerprint density at radius 1 is 1.27 bits per heavy atom. The number of rotatable bonds is 3. The molecule has 1 aromatic rings. The Bertz CT molecular complexity index is 463. The minimum atomic E-state index is -3.65. The second-order valence-electron chi connectivity index (χ2n) is 2.78. The van der Waals surface area contributed by atoms with Crippen molar-refractivity contribution < 1.29 is 22.1 Å². The van der Waals surface area contributed by atoms with Gasteiger partial charge in [-0.25, -0.2) is 4.79 Å². The van der Waals surface area contributed by atoms with E-state index in [2.05, 4.69) is 8.92 Å². The average molecular weight is 230 g/mol. The normalized spacial score (nSPS) is 10.8. The number of para-hydroxylation sites is 1. The topological polar surface area (TPSA) is 69.7 Å². The summed E-state index contributed by atoms with van der Waals surface area (Å²) in [6.45, 7) is 0. The van der Waals surface area contributed by atoms with Crippen molar-refractivity contribution in [3.05, 3.63) is 29.8 Å². The highest BCUT2D eigenvalue weighted by Crippen LogP contribution is 2.19. The van der Waals surface area contributed by atoms with Crippen molar-refractivity contribution in [2.45, 2.75) is 0 Å². The van der Waals surface area contributed by atoms with Crippen LogP contribution in [0.3, 0.4) is 0 Å². The van der Waals surface area contributed by atoms with Crippen molar-refractivity contribution >= 4 is 16.1 Å². The number of hydrogen-bond acceptors (Lipinski definition) is 5. The van der Waals surface area contributed by atoms with E-state index in [9.17, 15) is 13.2 Å². The van der Waals surface area contributed by atoms with Crippen LogP contribution in [0.2, 0.25) is 0 Å². The van der Waals surface area contributed by atoms with Gasteiger partial charge < -0.3 is 8.92 Å². The van der Waals surface area contributed by atoms with Gasteiger partial charge in [0.1, 0.15) is 5.56 Å². The molecule has 0 unspecified atom stereocenters. The first kappa shape index (κ1) is 11.5. The Morgan fingerprint density at radius 3 is 2.40 bits per heavy atom. The summed E-state index contributed by atoms with van der Waals surface area (Å²) in [6.07, 6.45) is 0.904. The highest BCUT2D eigenvalue weighted by molar-refractivity contribution is 7.86. The molecule has 5 nitrogen and oxygen atoms in total. The van der Waals surface area contributed by atoms with Crippen molar-refractivity contribution in [2.75, 3.05) is 13.4 Å². The van der Waals surface area contributed by atoms with Gasteiger partial charge in [0.05, 0.1) is 13.4 Å². The van der Waals surface area contributed by atoms with Gasteiger partial charge in [-0.1, -0.05) is 12.1 Å². The van der Waals surface area contributed by atoms with Crippen LogP contribution in [-0.2, 0) is 14.9 Å². The molecule has 0 saturated carbocycles. The molecule has 0 aliphatic heterocycles. The van der Waals surface area contributed by atoms with Crippen LogP contribution in [0.25, 0.3) is 0 Å². The number of carbonyl (C=O) groups is 1. The second kappa shape index (κ2) is 4.31. The molecule has 0 saturated heterocycles. The Hall–Kier alpha value is -1.56. The SMILES string of the molecule is COC(=O)c1ccccc1OS(C)(=O)=O. The molecule has 0 fully saturated rings. The number of esters is 1. The molecule has 0 aliphatic carbocycles. The molecule has 0 amide bonds. The van der Waals surface area contributed by atoms with Gasteiger partial charge in [-0.05, 0) is 12.1 Å². The molecule has 0 heterocycles. The van der Waals surface area contributed by atoms with Crippen LogP contribution in [0, 0.1) is 0 Å². The van der Waals surface area contributed by atoms with Crippen molar-refractivity contribution in [3.8, 4) is 5.75 Å². The van der Waals surface area contributed by atoms with Crippen molar-refractivity contribution in [1.29, 1.82) is 0 Å². The van der Waals surface area contributed by atoms with Crippen LogP contribution < -0.4 is 4.18 Å². The fourth-order valence-electron chi connectivity index (χ4n) is 0.981. The van der Waals surface area contributed by atoms with Gasteiger partial charge in [0, 0.05) is 0 Å². The number of ether oxygens (including phenoxy) is 1. The Balaban J connectivity index is 3.13. The minimum Gasteiger partial charge on any atom is -0.465 e. The number of hydrogen-bond donors (Lipinski definition) is 0. The average Bonchev–Trinajstić information content (AvgIpc) is 2.15. The second-order valence-corrected chi connectivity index (χ2v) is 4.35. The van der Waals surface area contributed by atoms with E-state index >= 15 is 0 Å². The first-order valence-corrected chi connectivity index (χ1v) is 5.82. The quantitative estimate of drug-likeness (QED) is 0.567. The smallest absolute Gasteiger partial charge is 0.341 e. The molecule has 1 aromatic carbocycles. The lowest BCUT2D eigenvalue weighted by Gasteiger charge is -2.06. The molecule has 0 atom stereocenters. The third-order valence-electron chi connectivity index (χ3n) is 1.53. The third kappa shape index (κ3) is 3.25. The van der Waals surface area contributed by atoms with E-state index in [1.807, 2.05) is 0 Å². The first-order chi connectivity index (χ1) is 6.94. The molecule has 0 aliphatic rings. The Kier molecular flexibility index (Phi) is 3.31. The number of carbonyl (C=O) groups excluding carboxylic acids is 1. The first-order valence-electron chi connectivity index (χ1n) is 4.01. The summed E-state index contributed by atoms with van der Waals surface area (Å²) in [4.78, 5) is 11.2. The summed E-state index contributed by atoms with van der Waals surface area (Å²) in [5.74, 6) is -0.680. The fourth-order valence-corrected chi connectivity index (χ4v) is 1.45. The lowest BCUT2D eigenvalue weighted by molar-refractivity contribution is 0.0599. The largest absolute Gasteiger partial charge is 0.465 e. The lowest BCUT2D eigenvalue weighted by atomic mass is 10.2. The maximum atomic E-state index is 11.2. The molecule has 0 aromatic heterocycles. The predicted molar refractivity (Wildman–Crippen MR) is 53.3 cm³/mol. The van der Waals surface area contributed by atoms with E-state index in [1.165, 1.54) is 19.2 Å². The minimum absolute atomic E-state index is 0.0353. The van der Waals surface area contributed by atoms with E-state index in [4.69, 9.17) is 0 Å². The molecule has 1 rings (SSSR count). The lowest BCUT2D eigenvalue weighted by Crippen LogP contribution is -2.10. The standard InChI is InChI=1S/C9H10O5S/c1-13-9(10)7-5-3-4-6-8(7)14-15(2,11)12/h3-6H,1-2H3. The van der Waals surface area contributed by atoms with Crippen LogP contribution >= 0.6 is 0 Å². The Morgan fingerprint density at radius 2 is 1.87 bits per heavy atom. The van der Waals surface area contributed by atoms with Gasteiger partial charge in [0.15, 0.2) is 5.75 Å². The highest BCUT2D eigenvalue weighted by Gasteiger charge is 2.15. The summed E-state index contributed by atoms with van der Waals surface area (Å²) in [5, 5.41) is 0. The fraction of sp³-hybridized carbons (Fsp3) is 0.222. The van der Waals surface area contributed by atoms with Gasteiger partial charge in [-0.2, -0.15) is 8.42 Å².